The van der Waals surface area contributed by atoms with Crippen molar-refractivity contribution < 1.29 is 12.8 Å². The molecule has 2 rings (SSSR count). The number of hydrogen-bond acceptors (Lipinski definition) is 4. The Morgan fingerprint density at radius 3 is 2.62 bits per heavy atom. The third-order valence-corrected chi connectivity index (χ3v) is 4.57. The number of aryl methyl sites for hydroxylation is 2. The zero-order chi connectivity index (χ0) is 15.6. The van der Waals surface area contributed by atoms with Crippen LogP contribution in [0.4, 0.5) is 10.1 Å². The highest BCUT2D eigenvalue weighted by Gasteiger charge is 2.18. The van der Waals surface area contributed by atoms with Crippen molar-refractivity contribution in [1.29, 1.82) is 0 Å². The Kier molecular flexibility index (Phi) is 4.24. The number of anilines is 1. The third kappa shape index (κ3) is 3.56. The van der Waals surface area contributed by atoms with Crippen molar-refractivity contribution in [2.24, 2.45) is 0 Å². The van der Waals surface area contributed by atoms with Gasteiger partial charge in [0, 0.05) is 18.4 Å². The first-order valence-electron chi connectivity index (χ1n) is 6.26. The summed E-state index contributed by atoms with van der Waals surface area (Å²) in [5.74, 6) is -0.630. The highest BCUT2D eigenvalue weighted by molar-refractivity contribution is 7.89. The van der Waals surface area contributed by atoms with E-state index >= 15 is 0 Å². The molecule has 0 saturated heterocycles. The molecular weight excluding hydrogens is 293 g/mol. The van der Waals surface area contributed by atoms with Crippen molar-refractivity contribution in [1.82, 2.24) is 9.71 Å². The summed E-state index contributed by atoms with van der Waals surface area (Å²) >= 11 is 0. The van der Waals surface area contributed by atoms with E-state index in [0.717, 1.165) is 23.4 Å². The lowest BCUT2D eigenvalue weighted by Gasteiger charge is -2.10. The molecule has 1 aromatic heterocycles. The van der Waals surface area contributed by atoms with Gasteiger partial charge in [-0.3, -0.25) is 4.98 Å². The van der Waals surface area contributed by atoms with E-state index in [9.17, 15) is 12.8 Å². The minimum absolute atomic E-state index is 0.0264. The smallest absolute Gasteiger partial charge is 0.241 e. The molecule has 0 spiro atoms. The number of pyridine rings is 1. The molecule has 0 atom stereocenters. The first kappa shape index (κ1) is 15.4. The van der Waals surface area contributed by atoms with Crippen LogP contribution >= 0.6 is 0 Å². The molecule has 21 heavy (non-hydrogen) atoms. The van der Waals surface area contributed by atoms with Gasteiger partial charge in [0.25, 0.3) is 0 Å². The minimum Gasteiger partial charge on any atom is -0.396 e. The van der Waals surface area contributed by atoms with Gasteiger partial charge in [-0.05, 0) is 43.2 Å². The number of nitrogens with one attached hydrogen (secondary N) is 1. The van der Waals surface area contributed by atoms with Gasteiger partial charge in [-0.2, -0.15) is 0 Å². The molecule has 2 aromatic rings. The van der Waals surface area contributed by atoms with Crippen LogP contribution in [0, 0.1) is 19.7 Å². The number of rotatable bonds is 4. The molecule has 112 valence electrons. The maximum Gasteiger partial charge on any atom is 0.241 e. The maximum absolute atomic E-state index is 13.3. The second-order valence-electron chi connectivity index (χ2n) is 4.77. The zero-order valence-corrected chi connectivity index (χ0v) is 12.5. The van der Waals surface area contributed by atoms with E-state index in [1.165, 1.54) is 6.92 Å². The van der Waals surface area contributed by atoms with Crippen LogP contribution in [0.5, 0.6) is 0 Å². The van der Waals surface area contributed by atoms with Gasteiger partial charge < -0.3 is 5.73 Å². The molecular formula is C14H16FN3O2S. The van der Waals surface area contributed by atoms with Crippen LogP contribution in [0.1, 0.15) is 16.8 Å². The Morgan fingerprint density at radius 1 is 1.29 bits per heavy atom. The van der Waals surface area contributed by atoms with Gasteiger partial charge in [-0.15, -0.1) is 0 Å². The number of aromatic nitrogens is 1. The van der Waals surface area contributed by atoms with Crippen molar-refractivity contribution in [2.45, 2.75) is 25.3 Å². The number of nitrogens with two attached hydrogens (primary N) is 1. The number of nitrogens with zero attached hydrogens (tertiary/aromatic N) is 1. The standard InChI is InChI=1S/C14H16FN3O2S/c1-9-5-12(15)13(16)6-14(9)21(19,20)18-8-11-4-3-10(2)17-7-11/h3-7,18H,8,16H2,1-2H3. The van der Waals surface area contributed by atoms with E-state index < -0.39 is 15.8 Å². The summed E-state index contributed by atoms with van der Waals surface area (Å²) < 4.78 is 40.2. The normalized spacial score (nSPS) is 11.6. The Hall–Kier alpha value is -1.99. The van der Waals surface area contributed by atoms with Crippen LogP contribution in [0.3, 0.4) is 0 Å². The summed E-state index contributed by atoms with van der Waals surface area (Å²) in [6, 6.07) is 5.82. The molecule has 1 aromatic carbocycles. The van der Waals surface area contributed by atoms with Crippen LogP contribution in [-0.4, -0.2) is 13.4 Å². The Morgan fingerprint density at radius 2 is 2.00 bits per heavy atom. The molecule has 1 heterocycles. The van der Waals surface area contributed by atoms with E-state index in [4.69, 9.17) is 5.73 Å². The SMILES string of the molecule is Cc1ccc(CNS(=O)(=O)c2cc(N)c(F)cc2C)cn1. The highest BCUT2D eigenvalue weighted by atomic mass is 32.2. The molecule has 0 fully saturated rings. The number of nitrogen functional groups attached to an aromatic ring is 1. The van der Waals surface area contributed by atoms with Crippen LogP contribution in [0.25, 0.3) is 0 Å². The number of hydrogen-bond donors (Lipinski definition) is 2. The lowest BCUT2D eigenvalue weighted by molar-refractivity contribution is 0.579. The zero-order valence-electron chi connectivity index (χ0n) is 11.7. The van der Waals surface area contributed by atoms with Crippen molar-refractivity contribution in [3.05, 3.63) is 53.1 Å². The van der Waals surface area contributed by atoms with E-state index in [2.05, 4.69) is 9.71 Å². The van der Waals surface area contributed by atoms with Crippen molar-refractivity contribution in [3.63, 3.8) is 0 Å². The van der Waals surface area contributed by atoms with Crippen LogP contribution in [0.15, 0.2) is 35.4 Å². The largest absolute Gasteiger partial charge is 0.396 e. The molecule has 0 aliphatic carbocycles. The molecule has 0 saturated carbocycles. The second kappa shape index (κ2) is 5.79. The van der Waals surface area contributed by atoms with E-state index in [-0.39, 0.29) is 17.1 Å². The minimum atomic E-state index is -3.76. The van der Waals surface area contributed by atoms with Crippen LogP contribution in [0.2, 0.25) is 0 Å². The fourth-order valence-electron chi connectivity index (χ4n) is 1.82. The molecule has 0 amide bonds. The number of sulfonamides is 1. The molecule has 0 bridgehead atoms. The summed E-state index contributed by atoms with van der Waals surface area (Å²) in [6.45, 7) is 3.47. The summed E-state index contributed by atoms with van der Waals surface area (Å²) in [7, 11) is -3.76. The first-order chi connectivity index (χ1) is 9.79. The Balaban J connectivity index is 2.22. The fraction of sp³-hybridized carbons (Fsp3) is 0.214. The summed E-state index contributed by atoms with van der Waals surface area (Å²) in [5, 5.41) is 0. The van der Waals surface area contributed by atoms with Crippen LogP contribution < -0.4 is 10.5 Å². The van der Waals surface area contributed by atoms with Crippen LogP contribution in [-0.2, 0) is 16.6 Å². The fourth-order valence-corrected chi connectivity index (χ4v) is 3.09. The lowest BCUT2D eigenvalue weighted by atomic mass is 10.2. The van der Waals surface area contributed by atoms with Crippen molar-refractivity contribution in [2.75, 3.05) is 5.73 Å². The molecule has 0 radical (unpaired) electrons. The third-order valence-electron chi connectivity index (χ3n) is 3.02. The number of halogens is 1. The predicted octanol–water partition coefficient (Wildman–Crippen LogP) is 1.90. The van der Waals surface area contributed by atoms with Gasteiger partial charge in [0.1, 0.15) is 5.82 Å². The van der Waals surface area contributed by atoms with Gasteiger partial charge >= 0.3 is 0 Å². The van der Waals surface area contributed by atoms with Gasteiger partial charge in [0.05, 0.1) is 10.6 Å². The Labute approximate surface area is 123 Å². The lowest BCUT2D eigenvalue weighted by Crippen LogP contribution is -2.24. The van der Waals surface area contributed by atoms with Gasteiger partial charge in [0.15, 0.2) is 0 Å². The summed E-state index contributed by atoms with van der Waals surface area (Å²) in [4.78, 5) is 4.06. The van der Waals surface area contributed by atoms with Crippen molar-refractivity contribution in [3.8, 4) is 0 Å². The molecule has 0 aliphatic rings. The second-order valence-corrected chi connectivity index (χ2v) is 6.51. The first-order valence-corrected chi connectivity index (χ1v) is 7.75. The van der Waals surface area contributed by atoms with E-state index in [1.54, 1.807) is 18.3 Å². The predicted molar refractivity (Wildman–Crippen MR) is 78.5 cm³/mol. The maximum atomic E-state index is 13.3. The molecule has 3 N–H and O–H groups in total. The average Bonchev–Trinajstić information content (AvgIpc) is 2.42. The van der Waals surface area contributed by atoms with Crippen molar-refractivity contribution >= 4 is 15.7 Å². The molecule has 0 aliphatic heterocycles. The summed E-state index contributed by atoms with van der Waals surface area (Å²) in [5.41, 5.74) is 7.12. The molecule has 5 nitrogen and oxygen atoms in total. The monoisotopic (exact) mass is 309 g/mol. The van der Waals surface area contributed by atoms with E-state index in [1.807, 2.05) is 6.92 Å². The van der Waals surface area contributed by atoms with Gasteiger partial charge in [-0.25, -0.2) is 17.5 Å². The molecule has 7 heteroatoms. The summed E-state index contributed by atoms with van der Waals surface area (Å²) in [6.07, 6.45) is 1.60. The molecule has 0 unspecified atom stereocenters. The van der Waals surface area contributed by atoms with Gasteiger partial charge in [-0.1, -0.05) is 6.07 Å². The average molecular weight is 309 g/mol. The van der Waals surface area contributed by atoms with Gasteiger partial charge in [0.2, 0.25) is 10.0 Å². The quantitative estimate of drug-likeness (QED) is 0.845. The van der Waals surface area contributed by atoms with E-state index in [0.29, 0.717) is 5.56 Å². The topological polar surface area (TPSA) is 85.1 Å². The Bertz CT molecular complexity index is 759. The number of benzene rings is 1. The highest BCUT2D eigenvalue weighted by Crippen LogP contribution is 2.21.